The Bertz CT molecular complexity index is 589. The zero-order valence-electron chi connectivity index (χ0n) is 14.2. The maximum Gasteiger partial charge on any atom is 0.309 e. The van der Waals surface area contributed by atoms with Gasteiger partial charge in [0.25, 0.3) is 5.91 Å². The molecule has 130 valence electrons. The average molecular weight is 331 g/mol. The molecule has 1 aromatic carbocycles. The fourth-order valence-electron chi connectivity index (χ4n) is 4.17. The van der Waals surface area contributed by atoms with Crippen molar-refractivity contribution in [2.75, 3.05) is 6.61 Å². The summed E-state index contributed by atoms with van der Waals surface area (Å²) in [6.07, 6.45) is 3.74. The molecular weight excluding hydrogens is 306 g/mol. The number of carbonyl (C=O) groups excluding carboxylic acids is 1. The number of carboxylic acids is 1. The molecule has 1 aromatic rings. The van der Waals surface area contributed by atoms with E-state index in [2.05, 4.69) is 0 Å². The van der Waals surface area contributed by atoms with Crippen molar-refractivity contribution in [2.24, 2.45) is 10.8 Å². The van der Waals surface area contributed by atoms with Gasteiger partial charge in [-0.2, -0.15) is 0 Å². The van der Waals surface area contributed by atoms with E-state index in [1.54, 1.807) is 0 Å². The molecule has 2 bridgehead atoms. The molecule has 0 atom stereocenters. The number of hydroxylamine groups is 2. The first kappa shape index (κ1) is 17.0. The van der Waals surface area contributed by atoms with E-state index in [1.165, 1.54) is 5.06 Å². The lowest BCUT2D eigenvalue weighted by Crippen LogP contribution is -2.53. The third kappa shape index (κ3) is 2.93. The van der Waals surface area contributed by atoms with Crippen LogP contribution in [-0.2, 0) is 21.0 Å². The van der Waals surface area contributed by atoms with Gasteiger partial charge in [0.15, 0.2) is 0 Å². The predicted octanol–water partition coefficient (Wildman–Crippen LogP) is 3.39. The normalized spacial score (nSPS) is 28.5. The van der Waals surface area contributed by atoms with Crippen molar-refractivity contribution in [3.8, 4) is 0 Å². The quantitative estimate of drug-likeness (QED) is 0.811. The monoisotopic (exact) mass is 331 g/mol. The number of rotatable bonds is 6. The van der Waals surface area contributed by atoms with E-state index in [4.69, 9.17) is 4.84 Å². The van der Waals surface area contributed by atoms with Crippen LogP contribution in [0.2, 0.25) is 0 Å². The fourth-order valence-corrected chi connectivity index (χ4v) is 4.17. The first-order valence-electron chi connectivity index (χ1n) is 8.74. The number of amides is 1. The van der Waals surface area contributed by atoms with E-state index in [9.17, 15) is 14.7 Å². The van der Waals surface area contributed by atoms with Crippen LogP contribution < -0.4 is 0 Å². The third-order valence-corrected chi connectivity index (χ3v) is 5.83. The molecule has 3 saturated carbocycles. The van der Waals surface area contributed by atoms with Crippen molar-refractivity contribution in [1.82, 2.24) is 5.06 Å². The summed E-state index contributed by atoms with van der Waals surface area (Å²) in [4.78, 5) is 30.4. The van der Waals surface area contributed by atoms with Crippen molar-refractivity contribution in [3.05, 3.63) is 35.9 Å². The molecule has 1 amide bonds. The smallest absolute Gasteiger partial charge is 0.309 e. The first-order valence-corrected chi connectivity index (χ1v) is 8.74. The van der Waals surface area contributed by atoms with Gasteiger partial charge in [0.05, 0.1) is 24.0 Å². The number of nitrogens with zero attached hydrogens (tertiary/aromatic N) is 1. The summed E-state index contributed by atoms with van der Waals surface area (Å²) in [5, 5.41) is 11.0. The second-order valence-electron chi connectivity index (χ2n) is 7.11. The molecule has 24 heavy (non-hydrogen) atoms. The number of carbonyl (C=O) groups is 2. The zero-order chi connectivity index (χ0) is 17.2. The van der Waals surface area contributed by atoms with Gasteiger partial charge in [-0.3, -0.25) is 14.4 Å². The third-order valence-electron chi connectivity index (χ3n) is 5.83. The summed E-state index contributed by atoms with van der Waals surface area (Å²) >= 11 is 0. The van der Waals surface area contributed by atoms with Gasteiger partial charge in [-0.25, -0.2) is 5.06 Å². The lowest BCUT2D eigenvalue weighted by Gasteiger charge is -2.51. The second-order valence-corrected chi connectivity index (χ2v) is 7.11. The van der Waals surface area contributed by atoms with Crippen LogP contribution in [0.4, 0.5) is 0 Å². The van der Waals surface area contributed by atoms with Crippen molar-refractivity contribution in [3.63, 3.8) is 0 Å². The van der Waals surface area contributed by atoms with E-state index in [0.29, 0.717) is 51.7 Å². The Labute approximate surface area is 142 Å². The number of benzene rings is 1. The van der Waals surface area contributed by atoms with Crippen molar-refractivity contribution < 1.29 is 19.5 Å². The lowest BCUT2D eigenvalue weighted by atomic mass is 9.53. The van der Waals surface area contributed by atoms with E-state index in [-0.39, 0.29) is 5.91 Å². The Morgan fingerprint density at radius 1 is 1.04 bits per heavy atom. The minimum atomic E-state index is -0.700. The highest BCUT2D eigenvalue weighted by Gasteiger charge is 2.56. The van der Waals surface area contributed by atoms with E-state index in [0.717, 1.165) is 5.56 Å². The van der Waals surface area contributed by atoms with Crippen LogP contribution in [0, 0.1) is 10.8 Å². The van der Waals surface area contributed by atoms with Gasteiger partial charge >= 0.3 is 5.97 Å². The van der Waals surface area contributed by atoms with Gasteiger partial charge in [0.1, 0.15) is 0 Å². The van der Waals surface area contributed by atoms with Crippen LogP contribution in [-0.4, -0.2) is 28.7 Å². The van der Waals surface area contributed by atoms with Crippen LogP contribution in [0.3, 0.4) is 0 Å². The highest BCUT2D eigenvalue weighted by atomic mass is 16.7. The second kappa shape index (κ2) is 6.55. The summed E-state index contributed by atoms with van der Waals surface area (Å²) in [6, 6.07) is 9.81. The summed E-state index contributed by atoms with van der Waals surface area (Å²) in [7, 11) is 0. The Morgan fingerprint density at radius 2 is 1.58 bits per heavy atom. The first-order chi connectivity index (χ1) is 11.5. The van der Waals surface area contributed by atoms with Crippen LogP contribution >= 0.6 is 0 Å². The van der Waals surface area contributed by atoms with Gasteiger partial charge < -0.3 is 5.11 Å². The van der Waals surface area contributed by atoms with Crippen molar-refractivity contribution >= 4 is 11.9 Å². The average Bonchev–Trinajstić information content (AvgIpc) is 2.63. The molecule has 3 aliphatic rings. The van der Waals surface area contributed by atoms with Gasteiger partial charge in [-0.15, -0.1) is 0 Å². The van der Waals surface area contributed by atoms with E-state index < -0.39 is 16.8 Å². The number of hydrogen-bond donors (Lipinski definition) is 1. The fraction of sp³-hybridized carbons (Fsp3) is 0.579. The Morgan fingerprint density at radius 3 is 2.08 bits per heavy atom. The van der Waals surface area contributed by atoms with Gasteiger partial charge in [0, 0.05) is 0 Å². The molecule has 0 saturated heterocycles. The summed E-state index contributed by atoms with van der Waals surface area (Å²) in [5.41, 5.74) is -0.0128. The molecule has 0 spiro atoms. The summed E-state index contributed by atoms with van der Waals surface area (Å²) in [5.74, 6) is -0.680. The van der Waals surface area contributed by atoms with Gasteiger partial charge in [-0.1, -0.05) is 30.3 Å². The Balaban J connectivity index is 1.75. The summed E-state index contributed by atoms with van der Waals surface area (Å²) in [6.45, 7) is 2.74. The molecule has 5 nitrogen and oxygen atoms in total. The van der Waals surface area contributed by atoms with Crippen molar-refractivity contribution in [2.45, 2.75) is 52.0 Å². The van der Waals surface area contributed by atoms with Gasteiger partial charge in [0.2, 0.25) is 0 Å². The number of fused-ring (bicyclic) bond motifs is 3. The SMILES string of the molecule is CCON(Cc1ccccc1)C(=O)C12CCC(C(=O)O)(CC1)CC2. The number of hydrogen-bond acceptors (Lipinski definition) is 3. The molecule has 3 aliphatic carbocycles. The molecule has 0 unspecified atom stereocenters. The Hall–Kier alpha value is -1.88. The summed E-state index contributed by atoms with van der Waals surface area (Å²) < 4.78 is 0. The zero-order valence-corrected chi connectivity index (χ0v) is 14.2. The van der Waals surface area contributed by atoms with Crippen LogP contribution in [0.1, 0.15) is 51.0 Å². The maximum absolute atomic E-state index is 13.2. The predicted molar refractivity (Wildman–Crippen MR) is 88.8 cm³/mol. The Kier molecular flexibility index (Phi) is 4.63. The molecule has 1 N–H and O–H groups in total. The van der Waals surface area contributed by atoms with E-state index >= 15 is 0 Å². The molecule has 0 aliphatic heterocycles. The molecule has 5 heteroatoms. The van der Waals surface area contributed by atoms with Crippen molar-refractivity contribution in [1.29, 1.82) is 0 Å². The largest absolute Gasteiger partial charge is 0.481 e. The standard InChI is InChI=1S/C19H25NO4/c1-2-24-20(14-15-6-4-3-5-7-15)16(21)18-8-11-19(12-9-18,13-10-18)17(22)23/h3-7H,2,8-14H2,1H3,(H,22,23). The minimum absolute atomic E-state index is 0.0203. The lowest BCUT2D eigenvalue weighted by molar-refractivity contribution is -0.208. The molecule has 0 aromatic heterocycles. The molecule has 0 radical (unpaired) electrons. The highest BCUT2D eigenvalue weighted by Crippen LogP contribution is 2.57. The molecular formula is C19H25NO4. The van der Waals surface area contributed by atoms with E-state index in [1.807, 2.05) is 37.3 Å². The van der Waals surface area contributed by atoms with Crippen LogP contribution in [0.5, 0.6) is 0 Å². The van der Waals surface area contributed by atoms with Crippen LogP contribution in [0.25, 0.3) is 0 Å². The highest BCUT2D eigenvalue weighted by molar-refractivity contribution is 5.84. The number of carboxylic acid groups (broad SMARTS) is 1. The topological polar surface area (TPSA) is 66.8 Å². The van der Waals surface area contributed by atoms with Gasteiger partial charge in [-0.05, 0) is 51.0 Å². The molecule has 4 rings (SSSR count). The molecule has 3 fully saturated rings. The number of aliphatic carboxylic acids is 1. The molecule has 0 heterocycles. The maximum atomic E-state index is 13.2. The minimum Gasteiger partial charge on any atom is -0.481 e. The van der Waals surface area contributed by atoms with Crippen LogP contribution in [0.15, 0.2) is 30.3 Å².